The van der Waals surface area contributed by atoms with Gasteiger partial charge in [-0.25, -0.2) is 22.8 Å². The molecule has 3 heterocycles. The minimum absolute atomic E-state index is 0.0810. The van der Waals surface area contributed by atoms with E-state index in [9.17, 15) is 22.4 Å². The van der Waals surface area contributed by atoms with E-state index in [4.69, 9.17) is 0 Å². The lowest BCUT2D eigenvalue weighted by Gasteiger charge is -2.18. The maximum Gasteiger partial charge on any atom is 0.254 e. The molecule has 194 valence electrons. The molecule has 4 rings (SSSR count). The molecule has 0 unspecified atom stereocenters. The van der Waals surface area contributed by atoms with Crippen LogP contribution in [0.15, 0.2) is 47.6 Å². The Labute approximate surface area is 214 Å². The van der Waals surface area contributed by atoms with E-state index in [-0.39, 0.29) is 39.1 Å². The standard InChI is InChI=1S/C25H27FN6O4S/c1-15-10-22(29-14-18(15)26)31-23-12-20(17(13-28-23)24(33)27-2)30-19-7-6-16(11-21(19)37(3,35)36)25(34)32-8-4-5-9-32/h6-7,10-14H,4-5,8-9H2,1-3H3,(H,27,33)(H2,28,29,30,31). The van der Waals surface area contributed by atoms with Crippen molar-refractivity contribution in [2.45, 2.75) is 24.7 Å². The van der Waals surface area contributed by atoms with E-state index in [2.05, 4.69) is 25.9 Å². The fourth-order valence-electron chi connectivity index (χ4n) is 3.99. The first-order valence-electron chi connectivity index (χ1n) is 11.6. The van der Waals surface area contributed by atoms with Crippen LogP contribution in [0.25, 0.3) is 0 Å². The predicted octanol–water partition coefficient (Wildman–Crippen LogP) is 3.41. The van der Waals surface area contributed by atoms with Gasteiger partial charge in [-0.3, -0.25) is 9.59 Å². The first kappa shape index (κ1) is 26.0. The van der Waals surface area contributed by atoms with Crippen molar-refractivity contribution in [3.63, 3.8) is 0 Å². The van der Waals surface area contributed by atoms with E-state index in [0.29, 0.717) is 24.5 Å². The van der Waals surface area contributed by atoms with Crippen LogP contribution in [0.5, 0.6) is 0 Å². The van der Waals surface area contributed by atoms with Crippen molar-refractivity contribution >= 4 is 44.7 Å². The number of halogens is 1. The monoisotopic (exact) mass is 526 g/mol. The number of hydrogen-bond donors (Lipinski definition) is 3. The molecule has 1 aromatic carbocycles. The number of aryl methyl sites for hydroxylation is 1. The van der Waals surface area contributed by atoms with E-state index in [1.54, 1.807) is 17.9 Å². The molecule has 0 radical (unpaired) electrons. The summed E-state index contributed by atoms with van der Waals surface area (Å²) in [6.07, 6.45) is 5.29. The van der Waals surface area contributed by atoms with Gasteiger partial charge in [-0.15, -0.1) is 0 Å². The number of benzene rings is 1. The molecule has 0 atom stereocenters. The quantitative estimate of drug-likeness (QED) is 0.427. The Morgan fingerprint density at radius 2 is 1.65 bits per heavy atom. The zero-order chi connectivity index (χ0) is 26.7. The second kappa shape index (κ2) is 10.5. The molecular formula is C25H27FN6O4S. The number of sulfone groups is 1. The second-order valence-corrected chi connectivity index (χ2v) is 10.7. The first-order chi connectivity index (χ1) is 17.6. The van der Waals surface area contributed by atoms with Crippen LogP contribution in [0.2, 0.25) is 0 Å². The zero-order valence-electron chi connectivity index (χ0n) is 20.6. The highest BCUT2D eigenvalue weighted by Gasteiger charge is 2.23. The van der Waals surface area contributed by atoms with Gasteiger partial charge in [0, 0.05) is 44.2 Å². The van der Waals surface area contributed by atoms with E-state index in [1.165, 1.54) is 37.5 Å². The summed E-state index contributed by atoms with van der Waals surface area (Å²) < 4.78 is 38.9. The lowest BCUT2D eigenvalue weighted by Crippen LogP contribution is -2.27. The van der Waals surface area contributed by atoms with Gasteiger partial charge in [0.05, 0.1) is 28.0 Å². The SMILES string of the molecule is CNC(=O)c1cnc(Nc2cc(C)c(F)cn2)cc1Nc1ccc(C(=O)N2CCCC2)cc1S(C)(=O)=O. The number of rotatable bonds is 7. The number of nitrogens with zero attached hydrogens (tertiary/aromatic N) is 3. The lowest BCUT2D eigenvalue weighted by molar-refractivity contribution is 0.0792. The third-order valence-electron chi connectivity index (χ3n) is 5.97. The van der Waals surface area contributed by atoms with Gasteiger partial charge < -0.3 is 20.9 Å². The van der Waals surface area contributed by atoms with Crippen molar-refractivity contribution < 1.29 is 22.4 Å². The molecule has 12 heteroatoms. The van der Waals surface area contributed by atoms with Crippen molar-refractivity contribution in [1.82, 2.24) is 20.2 Å². The van der Waals surface area contributed by atoms with Crippen molar-refractivity contribution in [2.75, 3.05) is 37.0 Å². The van der Waals surface area contributed by atoms with Crippen LogP contribution in [0.4, 0.5) is 27.4 Å². The molecule has 10 nitrogen and oxygen atoms in total. The number of carbonyl (C=O) groups excluding carboxylic acids is 2. The Kier molecular flexibility index (Phi) is 7.39. The number of aromatic nitrogens is 2. The number of likely N-dealkylation sites (tertiary alicyclic amines) is 1. The molecule has 0 saturated carbocycles. The van der Waals surface area contributed by atoms with Crippen LogP contribution in [0, 0.1) is 12.7 Å². The largest absolute Gasteiger partial charge is 0.355 e. The molecule has 1 fully saturated rings. The minimum Gasteiger partial charge on any atom is -0.355 e. The Balaban J connectivity index is 1.72. The fourth-order valence-corrected chi connectivity index (χ4v) is 4.85. The number of anilines is 4. The Morgan fingerprint density at radius 3 is 2.30 bits per heavy atom. The van der Waals surface area contributed by atoms with E-state index < -0.39 is 21.6 Å². The number of hydrogen-bond acceptors (Lipinski definition) is 8. The molecule has 0 bridgehead atoms. The van der Waals surface area contributed by atoms with Crippen molar-refractivity contribution in [1.29, 1.82) is 0 Å². The van der Waals surface area contributed by atoms with E-state index in [0.717, 1.165) is 25.3 Å². The van der Waals surface area contributed by atoms with E-state index in [1.807, 2.05) is 0 Å². The van der Waals surface area contributed by atoms with Gasteiger partial charge in [-0.2, -0.15) is 0 Å². The minimum atomic E-state index is -3.75. The molecule has 0 spiro atoms. The van der Waals surface area contributed by atoms with Gasteiger partial charge in [0.1, 0.15) is 17.5 Å². The highest BCUT2D eigenvalue weighted by molar-refractivity contribution is 7.90. The summed E-state index contributed by atoms with van der Waals surface area (Å²) in [6, 6.07) is 7.44. The molecule has 2 aromatic heterocycles. The Morgan fingerprint density at radius 1 is 0.973 bits per heavy atom. The molecule has 37 heavy (non-hydrogen) atoms. The Hall–Kier alpha value is -4.06. The van der Waals surface area contributed by atoms with Crippen molar-refractivity contribution in [3.05, 3.63) is 65.2 Å². The smallest absolute Gasteiger partial charge is 0.254 e. The summed E-state index contributed by atoms with van der Waals surface area (Å²) in [5.41, 5.74) is 1.28. The summed E-state index contributed by atoms with van der Waals surface area (Å²) in [5.74, 6) is -0.491. The highest BCUT2D eigenvalue weighted by atomic mass is 32.2. The summed E-state index contributed by atoms with van der Waals surface area (Å²) >= 11 is 0. The first-order valence-corrected chi connectivity index (χ1v) is 13.5. The molecule has 3 aromatic rings. The topological polar surface area (TPSA) is 133 Å². The summed E-state index contributed by atoms with van der Waals surface area (Å²) in [4.78, 5) is 35.2. The van der Waals surface area contributed by atoms with Crippen LogP contribution < -0.4 is 16.0 Å². The highest BCUT2D eigenvalue weighted by Crippen LogP contribution is 2.30. The van der Waals surface area contributed by atoms with Gasteiger partial charge in [-0.1, -0.05) is 0 Å². The molecule has 3 N–H and O–H groups in total. The Bertz CT molecular complexity index is 1470. The summed E-state index contributed by atoms with van der Waals surface area (Å²) in [5, 5.41) is 8.50. The summed E-state index contributed by atoms with van der Waals surface area (Å²) in [6.45, 7) is 2.87. The third kappa shape index (κ3) is 5.85. The molecule has 1 aliphatic rings. The number of nitrogens with one attached hydrogen (secondary N) is 3. The van der Waals surface area contributed by atoms with Crippen molar-refractivity contribution in [2.24, 2.45) is 0 Å². The van der Waals surface area contributed by atoms with Crippen molar-refractivity contribution in [3.8, 4) is 0 Å². The molecule has 1 aliphatic heterocycles. The third-order valence-corrected chi connectivity index (χ3v) is 7.11. The van der Waals surface area contributed by atoms with Gasteiger partial charge in [0.2, 0.25) is 0 Å². The predicted molar refractivity (Wildman–Crippen MR) is 138 cm³/mol. The van der Waals surface area contributed by atoms with Gasteiger partial charge >= 0.3 is 0 Å². The van der Waals surface area contributed by atoms with Crippen LogP contribution >= 0.6 is 0 Å². The number of carbonyl (C=O) groups is 2. The summed E-state index contributed by atoms with van der Waals surface area (Å²) in [7, 11) is -2.29. The van der Waals surface area contributed by atoms with Gasteiger partial charge in [0.25, 0.3) is 11.8 Å². The van der Waals surface area contributed by atoms with Crippen LogP contribution in [0.3, 0.4) is 0 Å². The van der Waals surface area contributed by atoms with Crippen LogP contribution in [-0.2, 0) is 9.84 Å². The van der Waals surface area contributed by atoms with Gasteiger partial charge in [-0.05, 0) is 49.6 Å². The average Bonchev–Trinajstić information content (AvgIpc) is 3.40. The van der Waals surface area contributed by atoms with E-state index >= 15 is 0 Å². The van der Waals surface area contributed by atoms with Crippen LogP contribution in [-0.4, -0.2) is 61.5 Å². The zero-order valence-corrected chi connectivity index (χ0v) is 21.4. The maximum atomic E-state index is 13.6. The number of pyridine rings is 2. The maximum absolute atomic E-state index is 13.6. The second-order valence-electron chi connectivity index (χ2n) is 8.75. The molecule has 2 amide bonds. The molecular weight excluding hydrogens is 499 g/mol. The average molecular weight is 527 g/mol. The van der Waals surface area contributed by atoms with Crippen LogP contribution in [0.1, 0.15) is 39.1 Å². The fraction of sp³-hybridized carbons (Fsp3) is 0.280. The number of amides is 2. The molecule has 0 aliphatic carbocycles. The lowest BCUT2D eigenvalue weighted by atomic mass is 10.1. The van der Waals surface area contributed by atoms with Gasteiger partial charge in [0.15, 0.2) is 9.84 Å². The normalized spacial score (nSPS) is 13.4. The molecule has 1 saturated heterocycles.